The van der Waals surface area contributed by atoms with Crippen LogP contribution in [0.2, 0.25) is 10.0 Å². The summed E-state index contributed by atoms with van der Waals surface area (Å²) in [5.41, 5.74) is 5.00. The van der Waals surface area contributed by atoms with Gasteiger partial charge >= 0.3 is 5.97 Å². The molecule has 1 saturated heterocycles. The third-order valence-electron chi connectivity index (χ3n) is 8.80. The van der Waals surface area contributed by atoms with E-state index in [2.05, 4.69) is 22.2 Å². The first-order valence-corrected chi connectivity index (χ1v) is 14.2. The summed E-state index contributed by atoms with van der Waals surface area (Å²) in [5.74, 6) is 0.396. The minimum Gasteiger partial charge on any atom is -0.477 e. The van der Waals surface area contributed by atoms with E-state index >= 15 is 0 Å². The van der Waals surface area contributed by atoms with Gasteiger partial charge in [0.25, 0.3) is 0 Å². The number of hydrogen-bond acceptors (Lipinski definition) is 5. The molecule has 39 heavy (non-hydrogen) atoms. The van der Waals surface area contributed by atoms with Gasteiger partial charge in [0.05, 0.1) is 28.3 Å². The molecule has 3 heterocycles. The Bertz CT molecular complexity index is 1580. The summed E-state index contributed by atoms with van der Waals surface area (Å²) >= 11 is 13.0. The van der Waals surface area contributed by atoms with Gasteiger partial charge in [-0.3, -0.25) is 0 Å². The van der Waals surface area contributed by atoms with E-state index in [0.29, 0.717) is 39.5 Å². The topological polar surface area (TPSA) is 80.7 Å². The Kier molecular flexibility index (Phi) is 5.95. The molecule has 1 spiro atoms. The van der Waals surface area contributed by atoms with Crippen molar-refractivity contribution in [3.05, 3.63) is 69.5 Å². The summed E-state index contributed by atoms with van der Waals surface area (Å²) < 4.78 is 14.0. The number of aromatic nitrogens is 2. The summed E-state index contributed by atoms with van der Waals surface area (Å²) in [4.78, 5) is 14.0. The zero-order chi connectivity index (χ0) is 26.9. The zero-order valence-corrected chi connectivity index (χ0v) is 23.1. The molecule has 2 saturated carbocycles. The van der Waals surface area contributed by atoms with Gasteiger partial charge < -0.3 is 23.8 Å². The van der Waals surface area contributed by atoms with E-state index in [0.717, 1.165) is 73.1 Å². The number of ether oxygens (including phenoxy) is 1. The summed E-state index contributed by atoms with van der Waals surface area (Å²) in [7, 11) is 1.81. The molecule has 0 unspecified atom stereocenters. The molecule has 2 aliphatic carbocycles. The predicted octanol–water partition coefficient (Wildman–Crippen LogP) is 7.29. The van der Waals surface area contributed by atoms with Crippen LogP contribution in [0.1, 0.15) is 59.8 Å². The van der Waals surface area contributed by atoms with Crippen molar-refractivity contribution in [1.82, 2.24) is 9.72 Å². The van der Waals surface area contributed by atoms with Crippen LogP contribution in [0.3, 0.4) is 0 Å². The number of carboxylic acids is 1. The molecule has 2 aromatic carbocycles. The summed E-state index contributed by atoms with van der Waals surface area (Å²) in [6, 6.07) is 13.4. The average molecular weight is 566 g/mol. The maximum absolute atomic E-state index is 11.5. The highest BCUT2D eigenvalue weighted by Crippen LogP contribution is 2.51. The highest BCUT2D eigenvalue weighted by atomic mass is 35.5. The molecule has 2 aromatic heterocycles. The number of aryl methyl sites for hydroxylation is 1. The number of aromatic carboxylic acids is 1. The number of halogens is 2. The van der Waals surface area contributed by atoms with E-state index in [-0.39, 0.29) is 11.5 Å². The standard InChI is InChI=1S/C30H29Cl2N3O4/c1-34-24-12-19(8-7-18(24)11-25(34)29(36)37)35-10-9-30(16-35)13-20(14-30)38-15-21-27(33-39-28(21)17-5-6-17)26-22(31)3-2-4-23(26)32/h2-4,7-8,11-12,17,20H,5-6,9-10,13-16H2,1H3,(H,36,37). The van der Waals surface area contributed by atoms with Crippen molar-refractivity contribution in [2.24, 2.45) is 12.5 Å². The van der Waals surface area contributed by atoms with Crippen LogP contribution in [-0.4, -0.2) is 40.0 Å². The van der Waals surface area contributed by atoms with Crippen molar-refractivity contribution in [3.8, 4) is 11.3 Å². The molecular formula is C30H29Cl2N3O4. The molecule has 202 valence electrons. The highest BCUT2D eigenvalue weighted by Gasteiger charge is 2.49. The molecule has 9 heteroatoms. The van der Waals surface area contributed by atoms with Gasteiger partial charge in [-0.05, 0) is 67.9 Å². The Balaban J connectivity index is 1.03. The lowest BCUT2D eigenvalue weighted by Crippen LogP contribution is -2.44. The summed E-state index contributed by atoms with van der Waals surface area (Å²) in [6.07, 6.45) is 5.56. The molecule has 1 aliphatic heterocycles. The fourth-order valence-electron chi connectivity index (χ4n) is 6.48. The lowest BCUT2D eigenvalue weighted by molar-refractivity contribution is -0.0796. The molecule has 0 bridgehead atoms. The van der Waals surface area contributed by atoms with Gasteiger partial charge in [0, 0.05) is 48.3 Å². The number of hydrogen-bond donors (Lipinski definition) is 1. The molecule has 3 fully saturated rings. The first-order valence-electron chi connectivity index (χ1n) is 13.4. The van der Waals surface area contributed by atoms with Crippen LogP contribution < -0.4 is 4.90 Å². The number of benzene rings is 2. The molecule has 1 N–H and O–H groups in total. The Labute approximate surface area is 236 Å². The Morgan fingerprint density at radius 1 is 1.18 bits per heavy atom. The van der Waals surface area contributed by atoms with Gasteiger partial charge in [0.15, 0.2) is 0 Å². The second-order valence-corrected chi connectivity index (χ2v) is 12.2. The van der Waals surface area contributed by atoms with E-state index in [4.69, 9.17) is 32.5 Å². The van der Waals surface area contributed by atoms with E-state index < -0.39 is 5.97 Å². The maximum Gasteiger partial charge on any atom is 0.352 e. The van der Waals surface area contributed by atoms with E-state index in [1.54, 1.807) is 10.6 Å². The average Bonchev–Trinajstić information content (AvgIpc) is 3.35. The predicted molar refractivity (Wildman–Crippen MR) is 151 cm³/mol. The Morgan fingerprint density at radius 2 is 1.95 bits per heavy atom. The van der Waals surface area contributed by atoms with E-state index in [9.17, 15) is 9.90 Å². The minimum absolute atomic E-state index is 0.190. The number of nitrogens with zero attached hydrogens (tertiary/aromatic N) is 3. The fourth-order valence-corrected chi connectivity index (χ4v) is 7.06. The Morgan fingerprint density at radius 3 is 2.67 bits per heavy atom. The van der Waals surface area contributed by atoms with Gasteiger partial charge in [0.1, 0.15) is 17.1 Å². The normalized spacial score (nSPS) is 22.6. The number of fused-ring (bicyclic) bond motifs is 1. The van der Waals surface area contributed by atoms with Crippen LogP contribution in [0.4, 0.5) is 5.69 Å². The van der Waals surface area contributed by atoms with Crippen molar-refractivity contribution in [2.45, 2.75) is 50.7 Å². The molecule has 7 nitrogen and oxygen atoms in total. The van der Waals surface area contributed by atoms with Gasteiger partial charge in [-0.15, -0.1) is 0 Å². The van der Waals surface area contributed by atoms with Crippen molar-refractivity contribution < 1.29 is 19.2 Å². The van der Waals surface area contributed by atoms with Crippen LogP contribution >= 0.6 is 23.2 Å². The quantitative estimate of drug-likeness (QED) is 0.253. The molecule has 0 amide bonds. The first kappa shape index (κ1) is 25.0. The van der Waals surface area contributed by atoms with Crippen molar-refractivity contribution in [1.29, 1.82) is 0 Å². The molecule has 4 aromatic rings. The van der Waals surface area contributed by atoms with Gasteiger partial charge in [-0.25, -0.2) is 4.79 Å². The number of carbonyl (C=O) groups is 1. The van der Waals surface area contributed by atoms with E-state index in [1.807, 2.05) is 31.3 Å². The molecule has 7 rings (SSSR count). The SMILES string of the molecule is Cn1c(C(=O)O)cc2ccc(N3CCC4(CC(OCc5c(-c6c(Cl)cccc6Cl)noc5C5CC5)C4)C3)cc21. The summed E-state index contributed by atoms with van der Waals surface area (Å²) in [5, 5.41) is 15.9. The van der Waals surface area contributed by atoms with Gasteiger partial charge in [-0.2, -0.15) is 0 Å². The second-order valence-electron chi connectivity index (χ2n) is 11.4. The summed E-state index contributed by atoms with van der Waals surface area (Å²) in [6.45, 7) is 2.41. The van der Waals surface area contributed by atoms with Crippen LogP contribution in [0.5, 0.6) is 0 Å². The van der Waals surface area contributed by atoms with Crippen LogP contribution in [-0.2, 0) is 18.4 Å². The van der Waals surface area contributed by atoms with Crippen LogP contribution in [0, 0.1) is 5.41 Å². The van der Waals surface area contributed by atoms with Crippen molar-refractivity contribution in [3.63, 3.8) is 0 Å². The van der Waals surface area contributed by atoms with Gasteiger partial charge in [0.2, 0.25) is 0 Å². The molecule has 0 atom stereocenters. The van der Waals surface area contributed by atoms with E-state index in [1.165, 1.54) is 0 Å². The van der Waals surface area contributed by atoms with Crippen molar-refractivity contribution >= 4 is 45.8 Å². The first-order chi connectivity index (χ1) is 18.8. The van der Waals surface area contributed by atoms with Crippen LogP contribution in [0.25, 0.3) is 22.2 Å². The number of anilines is 1. The number of carboxylic acid groups (broad SMARTS) is 1. The molecule has 3 aliphatic rings. The van der Waals surface area contributed by atoms with Gasteiger partial charge in [-0.1, -0.05) is 40.5 Å². The third kappa shape index (κ3) is 4.31. The largest absolute Gasteiger partial charge is 0.477 e. The zero-order valence-electron chi connectivity index (χ0n) is 21.6. The monoisotopic (exact) mass is 565 g/mol. The molecule has 0 radical (unpaired) electrons. The minimum atomic E-state index is -0.909. The number of rotatable bonds is 7. The lowest BCUT2D eigenvalue weighted by Gasteiger charge is -2.45. The fraction of sp³-hybridized carbons (Fsp3) is 0.400. The maximum atomic E-state index is 11.5. The smallest absolute Gasteiger partial charge is 0.352 e. The second kappa shape index (κ2) is 9.29. The lowest BCUT2D eigenvalue weighted by atomic mass is 9.66. The highest BCUT2D eigenvalue weighted by molar-refractivity contribution is 6.39. The third-order valence-corrected chi connectivity index (χ3v) is 9.43. The Hall–Kier alpha value is -3.00. The van der Waals surface area contributed by atoms with Crippen LogP contribution in [0.15, 0.2) is 47.0 Å². The van der Waals surface area contributed by atoms with Crippen molar-refractivity contribution in [2.75, 3.05) is 18.0 Å². The molecular weight excluding hydrogens is 537 g/mol.